The molecule has 0 radical (unpaired) electrons. The summed E-state index contributed by atoms with van der Waals surface area (Å²) in [7, 11) is 0. The summed E-state index contributed by atoms with van der Waals surface area (Å²) < 4.78 is 3.65. The summed E-state index contributed by atoms with van der Waals surface area (Å²) in [6, 6.07) is 8.58. The number of hydrogen-bond acceptors (Lipinski definition) is 5. The van der Waals surface area contributed by atoms with Crippen LogP contribution < -0.4 is 4.90 Å². The number of halogens is 1. The summed E-state index contributed by atoms with van der Waals surface area (Å²) >= 11 is 6.20. The summed E-state index contributed by atoms with van der Waals surface area (Å²) in [6.07, 6.45) is 1.57. The Balaban J connectivity index is 1.53. The van der Waals surface area contributed by atoms with E-state index >= 15 is 0 Å². The summed E-state index contributed by atoms with van der Waals surface area (Å²) in [5, 5.41) is 23.4. The maximum absolute atomic E-state index is 14.3. The second-order valence-electron chi connectivity index (χ2n) is 9.72. The molecule has 1 saturated heterocycles. The van der Waals surface area contributed by atoms with Crippen molar-refractivity contribution in [2.45, 2.75) is 52.2 Å². The Labute approximate surface area is 218 Å². The zero-order valence-corrected chi connectivity index (χ0v) is 21.6. The second kappa shape index (κ2) is 8.31. The van der Waals surface area contributed by atoms with Crippen molar-refractivity contribution < 1.29 is 14.7 Å². The third-order valence-corrected chi connectivity index (χ3v) is 7.85. The zero-order chi connectivity index (χ0) is 26.2. The molecule has 2 amide bonds. The van der Waals surface area contributed by atoms with E-state index in [1.165, 1.54) is 4.90 Å². The molecule has 3 atom stereocenters. The highest BCUT2D eigenvalue weighted by atomic mass is 35.5. The number of amides is 2. The molecule has 0 bridgehead atoms. The Morgan fingerprint density at radius 2 is 1.89 bits per heavy atom. The van der Waals surface area contributed by atoms with Crippen LogP contribution in [0.4, 0.5) is 10.5 Å². The van der Waals surface area contributed by atoms with Crippen LogP contribution in [0.5, 0.6) is 0 Å². The van der Waals surface area contributed by atoms with Crippen molar-refractivity contribution in [2.75, 3.05) is 11.4 Å². The summed E-state index contributed by atoms with van der Waals surface area (Å²) in [6.45, 7) is 7.98. The fourth-order valence-corrected chi connectivity index (χ4v) is 5.92. The van der Waals surface area contributed by atoms with E-state index in [1.54, 1.807) is 9.58 Å². The molecule has 5 heterocycles. The highest BCUT2D eigenvalue weighted by Gasteiger charge is 2.49. The second-order valence-corrected chi connectivity index (χ2v) is 10.2. The van der Waals surface area contributed by atoms with Crippen molar-refractivity contribution >= 4 is 34.9 Å². The van der Waals surface area contributed by atoms with Gasteiger partial charge >= 0.3 is 6.09 Å². The molecule has 1 aromatic carbocycles. The van der Waals surface area contributed by atoms with E-state index in [-0.39, 0.29) is 18.0 Å². The van der Waals surface area contributed by atoms with Crippen molar-refractivity contribution in [1.82, 2.24) is 29.3 Å². The van der Waals surface area contributed by atoms with E-state index in [2.05, 4.69) is 10.2 Å². The number of rotatable bonds is 4. The number of carboxylic acid groups (broad SMARTS) is 1. The lowest BCUT2D eigenvalue weighted by Gasteiger charge is -2.46. The quantitative estimate of drug-likeness (QED) is 0.423. The van der Waals surface area contributed by atoms with Crippen LogP contribution in [0.15, 0.2) is 36.5 Å². The van der Waals surface area contributed by atoms with Gasteiger partial charge in [-0.1, -0.05) is 30.7 Å². The van der Waals surface area contributed by atoms with Crippen molar-refractivity contribution in [3.05, 3.63) is 75.5 Å². The van der Waals surface area contributed by atoms with Crippen molar-refractivity contribution in [2.24, 2.45) is 0 Å². The van der Waals surface area contributed by atoms with Crippen LogP contribution in [-0.2, 0) is 0 Å². The Hall–Kier alpha value is -3.92. The number of fused-ring (bicyclic) bond motifs is 2. The van der Waals surface area contributed by atoms with E-state index < -0.39 is 12.1 Å². The Kier molecular flexibility index (Phi) is 5.27. The molecule has 3 aromatic heterocycles. The highest BCUT2D eigenvalue weighted by Crippen LogP contribution is 2.46. The highest BCUT2D eigenvalue weighted by molar-refractivity contribution is 6.30. The van der Waals surface area contributed by atoms with Crippen LogP contribution in [0.3, 0.4) is 0 Å². The minimum atomic E-state index is -0.955. The van der Waals surface area contributed by atoms with Crippen LogP contribution in [0.1, 0.15) is 64.1 Å². The lowest BCUT2D eigenvalue weighted by Crippen LogP contribution is -2.59. The van der Waals surface area contributed by atoms with Gasteiger partial charge in [-0.2, -0.15) is 5.10 Å². The van der Waals surface area contributed by atoms with E-state index in [0.717, 1.165) is 33.9 Å². The third kappa shape index (κ3) is 3.35. The van der Waals surface area contributed by atoms with Gasteiger partial charge in [-0.25, -0.2) is 4.79 Å². The number of benzene rings is 1. The number of carbonyl (C=O) groups excluding carboxylic acids is 1. The number of pyridine rings is 1. The van der Waals surface area contributed by atoms with Gasteiger partial charge in [0.25, 0.3) is 5.91 Å². The number of anilines is 1. The Morgan fingerprint density at radius 3 is 2.57 bits per heavy atom. The average molecular weight is 520 g/mol. The van der Waals surface area contributed by atoms with Crippen molar-refractivity contribution in [3.63, 3.8) is 0 Å². The SMILES string of the molecule is CCC1C(n2nc(C)c3c2C(=O)N(c2cc(C)c4nnc(C)n4c2)C3c2ccc(Cl)cc2)CN1C(=O)O. The molecule has 0 aliphatic carbocycles. The zero-order valence-electron chi connectivity index (χ0n) is 20.9. The lowest BCUT2D eigenvalue weighted by molar-refractivity contribution is 0.0212. The van der Waals surface area contributed by atoms with Gasteiger partial charge in [0.15, 0.2) is 5.65 Å². The van der Waals surface area contributed by atoms with E-state index in [0.29, 0.717) is 29.4 Å². The fraction of sp³-hybridized carbons (Fsp3) is 0.346. The van der Waals surface area contributed by atoms with E-state index in [9.17, 15) is 14.7 Å². The molecule has 1 N–H and O–H groups in total. The molecular formula is C26H26ClN7O3. The summed E-state index contributed by atoms with van der Waals surface area (Å²) in [4.78, 5) is 29.2. The van der Waals surface area contributed by atoms with Gasteiger partial charge in [0, 0.05) is 23.3 Å². The molecule has 190 valence electrons. The van der Waals surface area contributed by atoms with Crippen LogP contribution in [0.25, 0.3) is 5.65 Å². The monoisotopic (exact) mass is 519 g/mol. The minimum absolute atomic E-state index is 0.177. The van der Waals surface area contributed by atoms with Gasteiger partial charge in [-0.3, -0.25) is 18.8 Å². The van der Waals surface area contributed by atoms with Gasteiger partial charge < -0.3 is 10.0 Å². The molecule has 6 rings (SSSR count). The fourth-order valence-electron chi connectivity index (χ4n) is 5.79. The average Bonchev–Trinajstić information content (AvgIpc) is 3.47. The minimum Gasteiger partial charge on any atom is -0.465 e. The lowest BCUT2D eigenvalue weighted by atomic mass is 9.94. The number of nitrogens with zero attached hydrogens (tertiary/aromatic N) is 7. The summed E-state index contributed by atoms with van der Waals surface area (Å²) in [5.41, 5.74) is 5.34. The predicted octanol–water partition coefficient (Wildman–Crippen LogP) is 4.57. The predicted molar refractivity (Wildman–Crippen MR) is 137 cm³/mol. The molecule has 3 unspecified atom stereocenters. The molecule has 4 aromatic rings. The van der Waals surface area contributed by atoms with Crippen molar-refractivity contribution in [3.8, 4) is 0 Å². The smallest absolute Gasteiger partial charge is 0.407 e. The van der Waals surface area contributed by atoms with Crippen LogP contribution in [0, 0.1) is 20.8 Å². The first kappa shape index (κ1) is 23.5. The maximum Gasteiger partial charge on any atom is 0.407 e. The third-order valence-electron chi connectivity index (χ3n) is 7.60. The van der Waals surface area contributed by atoms with Gasteiger partial charge in [0.1, 0.15) is 11.5 Å². The Morgan fingerprint density at radius 1 is 1.16 bits per heavy atom. The van der Waals surface area contributed by atoms with Gasteiger partial charge in [-0.15, -0.1) is 10.2 Å². The molecule has 10 nitrogen and oxygen atoms in total. The van der Waals surface area contributed by atoms with Crippen LogP contribution >= 0.6 is 11.6 Å². The molecule has 0 spiro atoms. The van der Waals surface area contributed by atoms with Crippen LogP contribution in [-0.4, -0.2) is 59.0 Å². The van der Waals surface area contributed by atoms with Gasteiger partial charge in [-0.05, 0) is 56.5 Å². The molecule has 1 fully saturated rings. The van der Waals surface area contributed by atoms with Crippen LogP contribution in [0.2, 0.25) is 5.02 Å². The van der Waals surface area contributed by atoms with E-state index in [4.69, 9.17) is 16.7 Å². The number of likely N-dealkylation sites (tertiary alicyclic amines) is 1. The van der Waals surface area contributed by atoms with Gasteiger partial charge in [0.2, 0.25) is 0 Å². The number of carbonyl (C=O) groups is 2. The van der Waals surface area contributed by atoms with Crippen molar-refractivity contribution in [1.29, 1.82) is 0 Å². The topological polar surface area (TPSA) is 109 Å². The molecule has 2 aliphatic heterocycles. The number of aryl methyl sites for hydroxylation is 3. The molecule has 11 heteroatoms. The van der Waals surface area contributed by atoms with E-state index in [1.807, 2.05) is 68.6 Å². The first-order valence-corrected chi connectivity index (χ1v) is 12.6. The summed E-state index contributed by atoms with van der Waals surface area (Å²) in [5.74, 6) is 0.548. The first-order valence-electron chi connectivity index (χ1n) is 12.2. The standard InChI is InChI=1S/C26H26ClN7O3/c1-5-19-20(12-32(19)26(36)37)34-23-21(14(3)30-34)22(16-6-8-17(27)9-7-16)33(25(23)35)18-10-13(2)24-29-28-15(4)31(24)11-18/h6-11,19-20,22H,5,12H2,1-4H3,(H,36,37). The molecule has 37 heavy (non-hydrogen) atoms. The maximum atomic E-state index is 14.3. The largest absolute Gasteiger partial charge is 0.465 e. The molecular weight excluding hydrogens is 494 g/mol. The van der Waals surface area contributed by atoms with Gasteiger partial charge in [0.05, 0.1) is 29.5 Å². The normalized spacial score (nSPS) is 21.0. The molecule has 2 aliphatic rings. The molecule has 0 saturated carbocycles. The first-order chi connectivity index (χ1) is 17.7. The number of hydrogen-bond donors (Lipinski definition) is 1. The Bertz CT molecular complexity index is 1580. The number of aromatic nitrogens is 5.